The molecule has 0 amide bonds. The van der Waals surface area contributed by atoms with E-state index in [4.69, 9.17) is 14.4 Å². The van der Waals surface area contributed by atoms with Crippen LogP contribution in [0.4, 0.5) is 0 Å². The van der Waals surface area contributed by atoms with E-state index in [1.165, 1.54) is 33.0 Å². The fraction of sp³-hybridized carbons (Fsp3) is 0. The van der Waals surface area contributed by atoms with Crippen molar-refractivity contribution in [3.63, 3.8) is 0 Å². The standard InChI is InChI=1S/C46H29N3O/c1-5-13-30(14-6-1)34-21-25-40-38(27-34)39-28-35(31-15-7-2-8-16-31)22-26-41(39)49(40)36-23-24-37-42(29-36)50-45-43(32-17-9-3-10-18-32)47-46(48-44(37)45)33-19-11-4-12-20-33/h1-29H. The minimum Gasteiger partial charge on any atom is -0.452 e. The molecule has 0 atom stereocenters. The van der Waals surface area contributed by atoms with E-state index in [1.54, 1.807) is 0 Å². The summed E-state index contributed by atoms with van der Waals surface area (Å²) in [6.07, 6.45) is 0. The highest BCUT2D eigenvalue weighted by molar-refractivity contribution is 6.12. The smallest absolute Gasteiger partial charge is 0.180 e. The summed E-state index contributed by atoms with van der Waals surface area (Å²) in [4.78, 5) is 10.1. The van der Waals surface area contributed by atoms with Crippen LogP contribution >= 0.6 is 0 Å². The van der Waals surface area contributed by atoms with Gasteiger partial charge in [0.25, 0.3) is 0 Å². The van der Waals surface area contributed by atoms with E-state index < -0.39 is 0 Å². The summed E-state index contributed by atoms with van der Waals surface area (Å²) >= 11 is 0. The maximum Gasteiger partial charge on any atom is 0.180 e. The molecule has 0 radical (unpaired) electrons. The number of hydrogen-bond acceptors (Lipinski definition) is 3. The summed E-state index contributed by atoms with van der Waals surface area (Å²) in [6.45, 7) is 0. The molecule has 0 aliphatic heterocycles. The fourth-order valence-electron chi connectivity index (χ4n) is 7.20. The average Bonchev–Trinajstić information content (AvgIpc) is 3.73. The Morgan fingerprint density at radius 3 is 1.48 bits per heavy atom. The van der Waals surface area contributed by atoms with Crippen molar-refractivity contribution < 1.29 is 4.42 Å². The van der Waals surface area contributed by atoms with Crippen LogP contribution in [0.2, 0.25) is 0 Å². The molecule has 0 bridgehead atoms. The van der Waals surface area contributed by atoms with Crippen molar-refractivity contribution >= 4 is 43.9 Å². The highest BCUT2D eigenvalue weighted by Crippen LogP contribution is 2.40. The van der Waals surface area contributed by atoms with E-state index in [1.807, 2.05) is 48.5 Å². The maximum absolute atomic E-state index is 6.71. The van der Waals surface area contributed by atoms with Crippen molar-refractivity contribution in [1.82, 2.24) is 14.5 Å². The fourth-order valence-corrected chi connectivity index (χ4v) is 7.20. The predicted octanol–water partition coefficient (Wildman–Crippen LogP) is 12.1. The van der Waals surface area contributed by atoms with Gasteiger partial charge >= 0.3 is 0 Å². The number of benzene rings is 7. The Morgan fingerprint density at radius 1 is 0.400 bits per heavy atom. The Morgan fingerprint density at radius 2 is 0.920 bits per heavy atom. The Kier molecular flexibility index (Phi) is 6.46. The van der Waals surface area contributed by atoms with Crippen LogP contribution in [0.1, 0.15) is 0 Å². The second-order valence-corrected chi connectivity index (χ2v) is 12.6. The minimum atomic E-state index is 0.676. The molecule has 3 heterocycles. The molecular weight excluding hydrogens is 611 g/mol. The summed E-state index contributed by atoms with van der Waals surface area (Å²) in [5.41, 5.74) is 13.1. The van der Waals surface area contributed by atoms with Crippen molar-refractivity contribution in [3.8, 4) is 50.6 Å². The first-order chi connectivity index (χ1) is 24.8. The van der Waals surface area contributed by atoms with E-state index in [-0.39, 0.29) is 0 Å². The number of rotatable bonds is 5. The number of nitrogens with zero attached hydrogens (tertiary/aromatic N) is 3. The summed E-state index contributed by atoms with van der Waals surface area (Å²) in [6, 6.07) is 61.5. The van der Waals surface area contributed by atoms with Gasteiger partial charge in [0.1, 0.15) is 16.8 Å². The molecule has 0 saturated heterocycles. The Balaban J connectivity index is 1.21. The SMILES string of the molecule is c1ccc(-c2ccc3c(c2)c2cc(-c4ccccc4)ccc2n3-c2ccc3c(c2)oc2c(-c4ccccc4)nc(-c4ccccc4)nc23)cc1. The van der Waals surface area contributed by atoms with E-state index in [0.717, 1.165) is 50.0 Å². The van der Waals surface area contributed by atoms with Gasteiger partial charge in [0, 0.05) is 39.0 Å². The van der Waals surface area contributed by atoms with Crippen LogP contribution in [-0.2, 0) is 0 Å². The molecule has 0 spiro atoms. The van der Waals surface area contributed by atoms with E-state index in [0.29, 0.717) is 11.4 Å². The van der Waals surface area contributed by atoms with Gasteiger partial charge in [-0.2, -0.15) is 0 Å². The van der Waals surface area contributed by atoms with E-state index in [2.05, 4.69) is 132 Å². The predicted molar refractivity (Wildman–Crippen MR) is 205 cm³/mol. The third-order valence-electron chi connectivity index (χ3n) is 9.61. The molecule has 0 saturated carbocycles. The van der Waals surface area contributed by atoms with Gasteiger partial charge in [-0.15, -0.1) is 0 Å². The van der Waals surface area contributed by atoms with Crippen molar-refractivity contribution in [2.75, 3.05) is 0 Å². The first-order valence-electron chi connectivity index (χ1n) is 16.8. The summed E-state index contributed by atoms with van der Waals surface area (Å²) < 4.78 is 9.05. The zero-order valence-electron chi connectivity index (χ0n) is 27.0. The van der Waals surface area contributed by atoms with Gasteiger partial charge in [-0.3, -0.25) is 0 Å². The highest BCUT2D eigenvalue weighted by atomic mass is 16.3. The number of aromatic nitrogens is 3. The van der Waals surface area contributed by atoms with Gasteiger partial charge in [-0.05, 0) is 58.7 Å². The molecule has 7 aromatic carbocycles. The molecule has 0 aliphatic rings. The monoisotopic (exact) mass is 639 g/mol. The van der Waals surface area contributed by atoms with Crippen LogP contribution in [0.3, 0.4) is 0 Å². The number of furan rings is 1. The van der Waals surface area contributed by atoms with Gasteiger partial charge in [0.05, 0.1) is 11.0 Å². The molecule has 0 unspecified atom stereocenters. The number of hydrogen-bond donors (Lipinski definition) is 0. The first kappa shape index (κ1) is 28.3. The zero-order valence-corrected chi connectivity index (χ0v) is 27.0. The Bertz CT molecular complexity index is 2740. The highest BCUT2D eigenvalue weighted by Gasteiger charge is 2.20. The van der Waals surface area contributed by atoms with E-state index >= 15 is 0 Å². The second kappa shape index (κ2) is 11.4. The molecule has 0 aliphatic carbocycles. The Hall–Kier alpha value is -6.78. The van der Waals surface area contributed by atoms with Crippen LogP contribution in [0.15, 0.2) is 180 Å². The van der Waals surface area contributed by atoms with Crippen LogP contribution in [-0.4, -0.2) is 14.5 Å². The van der Waals surface area contributed by atoms with Gasteiger partial charge in [-0.1, -0.05) is 133 Å². The quantitative estimate of drug-likeness (QED) is 0.188. The maximum atomic E-state index is 6.71. The van der Waals surface area contributed by atoms with Crippen LogP contribution in [0.5, 0.6) is 0 Å². The lowest BCUT2D eigenvalue weighted by Gasteiger charge is -2.09. The molecule has 10 rings (SSSR count). The molecule has 3 aromatic heterocycles. The largest absolute Gasteiger partial charge is 0.452 e. The van der Waals surface area contributed by atoms with E-state index in [9.17, 15) is 0 Å². The molecule has 4 nitrogen and oxygen atoms in total. The average molecular weight is 640 g/mol. The Labute approximate surface area is 288 Å². The number of fused-ring (bicyclic) bond motifs is 6. The van der Waals surface area contributed by atoms with Crippen molar-refractivity contribution in [2.45, 2.75) is 0 Å². The van der Waals surface area contributed by atoms with Gasteiger partial charge in [0.15, 0.2) is 11.4 Å². The van der Waals surface area contributed by atoms with Crippen LogP contribution in [0.25, 0.3) is 94.5 Å². The van der Waals surface area contributed by atoms with Crippen molar-refractivity contribution in [1.29, 1.82) is 0 Å². The molecular formula is C46H29N3O. The summed E-state index contributed by atoms with van der Waals surface area (Å²) in [7, 11) is 0. The minimum absolute atomic E-state index is 0.676. The zero-order chi connectivity index (χ0) is 33.0. The topological polar surface area (TPSA) is 43.9 Å². The molecule has 50 heavy (non-hydrogen) atoms. The molecule has 10 aromatic rings. The lowest BCUT2D eigenvalue weighted by atomic mass is 10.0. The summed E-state index contributed by atoms with van der Waals surface area (Å²) in [5, 5.41) is 3.36. The van der Waals surface area contributed by atoms with Crippen LogP contribution < -0.4 is 0 Å². The lowest BCUT2D eigenvalue weighted by Crippen LogP contribution is -1.94. The third-order valence-corrected chi connectivity index (χ3v) is 9.61. The molecule has 0 N–H and O–H groups in total. The third kappa shape index (κ3) is 4.61. The normalized spacial score (nSPS) is 11.6. The van der Waals surface area contributed by atoms with Crippen LogP contribution in [0, 0.1) is 0 Å². The second-order valence-electron chi connectivity index (χ2n) is 12.6. The van der Waals surface area contributed by atoms with Gasteiger partial charge in [0.2, 0.25) is 0 Å². The first-order valence-corrected chi connectivity index (χ1v) is 16.8. The van der Waals surface area contributed by atoms with Crippen molar-refractivity contribution in [3.05, 3.63) is 176 Å². The molecule has 234 valence electrons. The lowest BCUT2D eigenvalue weighted by molar-refractivity contribution is 0.667. The van der Waals surface area contributed by atoms with Gasteiger partial charge in [-0.25, -0.2) is 9.97 Å². The van der Waals surface area contributed by atoms with Crippen molar-refractivity contribution in [2.24, 2.45) is 0 Å². The molecule has 4 heteroatoms. The van der Waals surface area contributed by atoms with Gasteiger partial charge < -0.3 is 8.98 Å². The molecule has 0 fully saturated rings. The summed E-state index contributed by atoms with van der Waals surface area (Å²) in [5.74, 6) is 0.676.